The van der Waals surface area contributed by atoms with Crippen molar-refractivity contribution in [3.63, 3.8) is 0 Å². The molecule has 3 heteroatoms. The smallest absolute Gasteiger partial charge is 0.123 e. The summed E-state index contributed by atoms with van der Waals surface area (Å²) < 4.78 is 0.993. The van der Waals surface area contributed by atoms with E-state index in [0.29, 0.717) is 11.7 Å². The van der Waals surface area contributed by atoms with Gasteiger partial charge in [0.2, 0.25) is 0 Å². The molecule has 1 aromatic carbocycles. The maximum absolute atomic E-state index is 10.2. The predicted molar refractivity (Wildman–Crippen MR) is 65.5 cm³/mol. The van der Waals surface area contributed by atoms with Gasteiger partial charge in [-0.15, -0.1) is 0 Å². The Kier molecular flexibility index (Phi) is 3.03. The van der Waals surface area contributed by atoms with Gasteiger partial charge in [0.25, 0.3) is 0 Å². The van der Waals surface area contributed by atoms with Crippen LogP contribution in [0.15, 0.2) is 10.5 Å². The molecule has 0 spiro atoms. The molecule has 0 saturated carbocycles. The zero-order valence-corrected chi connectivity index (χ0v) is 10.7. The minimum absolute atomic E-state index is 0.468. The van der Waals surface area contributed by atoms with Crippen molar-refractivity contribution in [3.05, 3.63) is 27.2 Å². The molecule has 1 aromatic rings. The van der Waals surface area contributed by atoms with Crippen LogP contribution in [0, 0.1) is 13.8 Å². The van der Waals surface area contributed by atoms with Gasteiger partial charge >= 0.3 is 0 Å². The monoisotopic (exact) mass is 269 g/mol. The Morgan fingerprint density at radius 1 is 1.47 bits per heavy atom. The number of hydrogen-bond acceptors (Lipinski definition) is 2. The number of phenolic OH excluding ortho intramolecular Hbond substituents is 1. The number of benzene rings is 1. The standard InChI is InChI=1S/C12H16BrNO/c1-7-5-10(13)8(2)12(15)11(7)9-3-4-14-6-9/h5,9,14-15H,3-4,6H2,1-2H3. The third-order valence-corrected chi connectivity index (χ3v) is 4.03. The Morgan fingerprint density at radius 3 is 2.80 bits per heavy atom. The highest BCUT2D eigenvalue weighted by Crippen LogP contribution is 2.38. The average Bonchev–Trinajstić information content (AvgIpc) is 2.68. The Hall–Kier alpha value is -0.540. The van der Waals surface area contributed by atoms with Gasteiger partial charge in [0, 0.05) is 28.1 Å². The third-order valence-electron chi connectivity index (χ3n) is 3.21. The van der Waals surface area contributed by atoms with Gasteiger partial charge in [-0.1, -0.05) is 15.9 Å². The van der Waals surface area contributed by atoms with E-state index in [1.54, 1.807) is 0 Å². The van der Waals surface area contributed by atoms with Gasteiger partial charge in [-0.25, -0.2) is 0 Å². The van der Waals surface area contributed by atoms with Crippen molar-refractivity contribution in [2.45, 2.75) is 26.2 Å². The number of nitrogens with one attached hydrogen (secondary N) is 1. The largest absolute Gasteiger partial charge is 0.507 e. The molecule has 0 radical (unpaired) electrons. The summed E-state index contributed by atoms with van der Waals surface area (Å²) in [6, 6.07) is 2.10. The van der Waals surface area contributed by atoms with Crippen molar-refractivity contribution in [2.24, 2.45) is 0 Å². The molecule has 0 aromatic heterocycles. The van der Waals surface area contributed by atoms with Crippen LogP contribution in [-0.2, 0) is 0 Å². The first-order chi connectivity index (χ1) is 7.11. The van der Waals surface area contributed by atoms with Crippen molar-refractivity contribution >= 4 is 15.9 Å². The van der Waals surface area contributed by atoms with Crippen molar-refractivity contribution in [1.82, 2.24) is 5.32 Å². The second-order valence-electron chi connectivity index (χ2n) is 4.25. The molecule has 82 valence electrons. The molecule has 1 unspecified atom stereocenters. The molecule has 1 atom stereocenters. The molecule has 15 heavy (non-hydrogen) atoms. The second-order valence-corrected chi connectivity index (χ2v) is 5.11. The van der Waals surface area contributed by atoms with E-state index in [-0.39, 0.29) is 0 Å². The number of aryl methyl sites for hydroxylation is 1. The van der Waals surface area contributed by atoms with E-state index in [0.717, 1.165) is 35.1 Å². The van der Waals surface area contributed by atoms with Crippen LogP contribution in [0.2, 0.25) is 0 Å². The van der Waals surface area contributed by atoms with Crippen LogP contribution in [0.5, 0.6) is 5.75 Å². The van der Waals surface area contributed by atoms with E-state index in [2.05, 4.69) is 34.2 Å². The Bertz CT molecular complexity index is 384. The van der Waals surface area contributed by atoms with Crippen LogP contribution < -0.4 is 5.32 Å². The van der Waals surface area contributed by atoms with E-state index in [1.807, 2.05) is 6.92 Å². The highest BCUT2D eigenvalue weighted by atomic mass is 79.9. The fraction of sp³-hybridized carbons (Fsp3) is 0.500. The third kappa shape index (κ3) is 1.91. The summed E-state index contributed by atoms with van der Waals surface area (Å²) in [4.78, 5) is 0. The first-order valence-electron chi connectivity index (χ1n) is 5.30. The minimum atomic E-state index is 0.468. The molecular formula is C12H16BrNO. The van der Waals surface area contributed by atoms with Crippen molar-refractivity contribution in [3.8, 4) is 5.75 Å². The van der Waals surface area contributed by atoms with Crippen molar-refractivity contribution in [2.75, 3.05) is 13.1 Å². The quantitative estimate of drug-likeness (QED) is 0.822. The van der Waals surface area contributed by atoms with Gasteiger partial charge in [-0.05, 0) is 38.4 Å². The van der Waals surface area contributed by atoms with Gasteiger partial charge in [-0.2, -0.15) is 0 Å². The van der Waals surface area contributed by atoms with Gasteiger partial charge in [0.15, 0.2) is 0 Å². The summed E-state index contributed by atoms with van der Waals surface area (Å²) in [6.07, 6.45) is 1.12. The summed E-state index contributed by atoms with van der Waals surface area (Å²) >= 11 is 3.46. The molecule has 0 aliphatic carbocycles. The van der Waals surface area contributed by atoms with Crippen LogP contribution in [0.25, 0.3) is 0 Å². The molecular weight excluding hydrogens is 254 g/mol. The number of rotatable bonds is 1. The van der Waals surface area contributed by atoms with E-state index in [9.17, 15) is 5.11 Å². The van der Waals surface area contributed by atoms with Gasteiger partial charge in [-0.3, -0.25) is 0 Å². The predicted octanol–water partition coefficient (Wildman–Crippen LogP) is 2.85. The molecule has 1 heterocycles. The Balaban J connectivity index is 2.50. The van der Waals surface area contributed by atoms with Crippen LogP contribution in [0.1, 0.15) is 29.0 Å². The fourth-order valence-electron chi connectivity index (χ4n) is 2.29. The lowest BCUT2D eigenvalue weighted by atomic mass is 9.91. The summed E-state index contributed by atoms with van der Waals surface area (Å²) in [5.41, 5.74) is 3.25. The minimum Gasteiger partial charge on any atom is -0.507 e. The van der Waals surface area contributed by atoms with E-state index < -0.39 is 0 Å². The zero-order valence-electron chi connectivity index (χ0n) is 9.10. The first-order valence-corrected chi connectivity index (χ1v) is 6.10. The lowest BCUT2D eigenvalue weighted by Gasteiger charge is -2.17. The Morgan fingerprint density at radius 2 is 2.20 bits per heavy atom. The summed E-state index contributed by atoms with van der Waals surface area (Å²) in [6.45, 7) is 6.05. The average molecular weight is 270 g/mol. The molecule has 2 rings (SSSR count). The normalized spacial score (nSPS) is 20.9. The molecule has 1 fully saturated rings. The maximum atomic E-state index is 10.2. The fourth-order valence-corrected chi connectivity index (χ4v) is 2.83. The zero-order chi connectivity index (χ0) is 11.0. The van der Waals surface area contributed by atoms with Crippen molar-refractivity contribution in [1.29, 1.82) is 0 Å². The lowest BCUT2D eigenvalue weighted by molar-refractivity contribution is 0.457. The number of phenols is 1. The molecule has 1 aliphatic rings. The molecule has 2 N–H and O–H groups in total. The van der Waals surface area contributed by atoms with Gasteiger partial charge < -0.3 is 10.4 Å². The summed E-state index contributed by atoms with van der Waals surface area (Å²) in [5.74, 6) is 0.937. The van der Waals surface area contributed by atoms with Crippen LogP contribution in [0.4, 0.5) is 0 Å². The lowest BCUT2D eigenvalue weighted by Crippen LogP contribution is -2.09. The summed E-state index contributed by atoms with van der Waals surface area (Å²) in [7, 11) is 0. The molecule has 0 amide bonds. The first kappa shape index (κ1) is 11.0. The molecule has 2 nitrogen and oxygen atoms in total. The molecule has 0 bridgehead atoms. The second kappa shape index (κ2) is 4.14. The topological polar surface area (TPSA) is 32.3 Å². The maximum Gasteiger partial charge on any atom is 0.123 e. The van der Waals surface area contributed by atoms with Gasteiger partial charge in [0.05, 0.1) is 0 Å². The number of aromatic hydroxyl groups is 1. The number of hydrogen-bond donors (Lipinski definition) is 2. The van der Waals surface area contributed by atoms with Gasteiger partial charge in [0.1, 0.15) is 5.75 Å². The van der Waals surface area contributed by atoms with E-state index in [4.69, 9.17) is 0 Å². The van der Waals surface area contributed by atoms with Crippen LogP contribution in [-0.4, -0.2) is 18.2 Å². The van der Waals surface area contributed by atoms with Crippen LogP contribution >= 0.6 is 15.9 Å². The molecule has 1 aliphatic heterocycles. The SMILES string of the molecule is Cc1cc(Br)c(C)c(O)c1C1CCNC1. The highest BCUT2D eigenvalue weighted by Gasteiger charge is 2.23. The highest BCUT2D eigenvalue weighted by molar-refractivity contribution is 9.10. The number of halogens is 1. The van der Waals surface area contributed by atoms with E-state index in [1.165, 1.54) is 5.56 Å². The Labute approximate surface area is 98.8 Å². The van der Waals surface area contributed by atoms with Crippen LogP contribution in [0.3, 0.4) is 0 Å². The summed E-state index contributed by atoms with van der Waals surface area (Å²) in [5, 5.41) is 13.5. The molecule has 1 saturated heterocycles. The van der Waals surface area contributed by atoms with E-state index >= 15 is 0 Å². The van der Waals surface area contributed by atoms with Crippen molar-refractivity contribution < 1.29 is 5.11 Å².